The summed E-state index contributed by atoms with van der Waals surface area (Å²) in [5, 5.41) is 4.79. The molecule has 0 saturated carbocycles. The molecule has 150 valence electrons. The number of pyridine rings is 1. The summed E-state index contributed by atoms with van der Waals surface area (Å²) >= 11 is 0. The molecular weight excluding hydrogens is 372 g/mol. The molecule has 0 saturated heterocycles. The average Bonchev–Trinajstić information content (AvgIpc) is 3.22. The highest BCUT2D eigenvalue weighted by molar-refractivity contribution is 5.99. The fraction of sp³-hybridized carbons (Fsp3) is 0.160. The molecule has 0 atom stereocenters. The van der Waals surface area contributed by atoms with E-state index in [9.17, 15) is 4.79 Å². The van der Waals surface area contributed by atoms with Crippen LogP contribution < -0.4 is 0 Å². The highest BCUT2D eigenvalue weighted by Gasteiger charge is 2.22. The van der Waals surface area contributed by atoms with Crippen LogP contribution in [0.25, 0.3) is 16.9 Å². The third-order valence-electron chi connectivity index (χ3n) is 5.26. The number of hydrogen-bond acceptors (Lipinski definition) is 3. The van der Waals surface area contributed by atoms with Gasteiger partial charge >= 0.3 is 0 Å². The van der Waals surface area contributed by atoms with E-state index in [1.54, 1.807) is 22.0 Å². The molecule has 1 amide bonds. The Hall–Kier alpha value is -3.73. The van der Waals surface area contributed by atoms with E-state index in [0.29, 0.717) is 17.8 Å². The van der Waals surface area contributed by atoms with Gasteiger partial charge in [-0.2, -0.15) is 5.10 Å². The largest absolute Gasteiger partial charge is 0.337 e. The fourth-order valence-electron chi connectivity index (χ4n) is 3.38. The van der Waals surface area contributed by atoms with Crippen LogP contribution in [-0.4, -0.2) is 32.6 Å². The van der Waals surface area contributed by atoms with Gasteiger partial charge in [0, 0.05) is 37.7 Å². The van der Waals surface area contributed by atoms with Crippen LogP contribution in [0.15, 0.2) is 79.3 Å². The Kier molecular flexibility index (Phi) is 5.44. The minimum atomic E-state index is -0.0674. The zero-order chi connectivity index (χ0) is 21.1. The molecule has 5 heteroatoms. The Morgan fingerprint density at radius 1 is 0.967 bits per heavy atom. The minimum absolute atomic E-state index is 0.0674. The fourth-order valence-corrected chi connectivity index (χ4v) is 3.38. The van der Waals surface area contributed by atoms with Crippen LogP contribution >= 0.6 is 0 Å². The van der Waals surface area contributed by atoms with Gasteiger partial charge in [-0.15, -0.1) is 0 Å². The summed E-state index contributed by atoms with van der Waals surface area (Å²) in [6.07, 6.45) is 5.30. The number of nitrogens with zero attached hydrogens (tertiary/aromatic N) is 4. The van der Waals surface area contributed by atoms with Crippen LogP contribution in [-0.2, 0) is 6.54 Å². The summed E-state index contributed by atoms with van der Waals surface area (Å²) < 4.78 is 1.78. The van der Waals surface area contributed by atoms with Crippen molar-refractivity contribution < 1.29 is 4.79 Å². The van der Waals surface area contributed by atoms with Crippen molar-refractivity contribution in [2.45, 2.75) is 20.4 Å². The number of rotatable bonds is 5. The van der Waals surface area contributed by atoms with Crippen molar-refractivity contribution in [1.29, 1.82) is 0 Å². The maximum Gasteiger partial charge on any atom is 0.257 e. The Bertz CT molecular complexity index is 1170. The summed E-state index contributed by atoms with van der Waals surface area (Å²) in [6, 6.07) is 19.9. The summed E-state index contributed by atoms with van der Waals surface area (Å²) in [5.41, 5.74) is 6.54. The molecule has 2 heterocycles. The van der Waals surface area contributed by atoms with E-state index in [2.05, 4.69) is 31.0 Å². The number of para-hydroxylation sites is 1. The lowest BCUT2D eigenvalue weighted by atomic mass is 10.0. The second-order valence-corrected chi connectivity index (χ2v) is 7.49. The van der Waals surface area contributed by atoms with Gasteiger partial charge < -0.3 is 4.90 Å². The van der Waals surface area contributed by atoms with E-state index in [0.717, 1.165) is 16.8 Å². The van der Waals surface area contributed by atoms with E-state index in [1.807, 2.05) is 61.8 Å². The maximum atomic E-state index is 13.4. The van der Waals surface area contributed by atoms with Gasteiger partial charge in [0.25, 0.3) is 5.91 Å². The second kappa shape index (κ2) is 8.33. The molecule has 0 bridgehead atoms. The van der Waals surface area contributed by atoms with E-state index in [-0.39, 0.29) is 5.91 Å². The SMILES string of the molecule is Cc1ccc(-c2nn(-c3ccccc3)cc2C(=O)N(C)Cc2ccncc2)cc1C. The Balaban J connectivity index is 1.75. The molecule has 0 fully saturated rings. The molecule has 0 aliphatic rings. The van der Waals surface area contributed by atoms with Crippen molar-refractivity contribution in [3.8, 4) is 16.9 Å². The first kappa shape index (κ1) is 19.6. The second-order valence-electron chi connectivity index (χ2n) is 7.49. The molecule has 0 N–H and O–H groups in total. The molecule has 0 aliphatic heterocycles. The number of amides is 1. The predicted molar refractivity (Wildman–Crippen MR) is 119 cm³/mol. The van der Waals surface area contributed by atoms with Gasteiger partial charge in [0.2, 0.25) is 0 Å². The van der Waals surface area contributed by atoms with Crippen molar-refractivity contribution in [3.63, 3.8) is 0 Å². The number of carbonyl (C=O) groups is 1. The molecule has 4 rings (SSSR count). The van der Waals surface area contributed by atoms with E-state index < -0.39 is 0 Å². The van der Waals surface area contributed by atoms with Crippen molar-refractivity contribution in [2.24, 2.45) is 0 Å². The van der Waals surface area contributed by atoms with Crippen LogP contribution in [0.3, 0.4) is 0 Å². The number of aryl methyl sites for hydroxylation is 2. The molecule has 2 aromatic heterocycles. The molecule has 5 nitrogen and oxygen atoms in total. The van der Waals surface area contributed by atoms with Gasteiger partial charge in [0.15, 0.2) is 0 Å². The summed E-state index contributed by atoms with van der Waals surface area (Å²) in [6.45, 7) is 4.66. The molecule has 2 aromatic carbocycles. The zero-order valence-corrected chi connectivity index (χ0v) is 17.4. The van der Waals surface area contributed by atoms with Crippen molar-refractivity contribution in [3.05, 3.63) is 102 Å². The van der Waals surface area contributed by atoms with E-state index >= 15 is 0 Å². The van der Waals surface area contributed by atoms with Crippen molar-refractivity contribution >= 4 is 5.91 Å². The molecule has 30 heavy (non-hydrogen) atoms. The maximum absolute atomic E-state index is 13.4. The highest BCUT2D eigenvalue weighted by Crippen LogP contribution is 2.27. The average molecular weight is 396 g/mol. The summed E-state index contributed by atoms with van der Waals surface area (Å²) in [5.74, 6) is -0.0674. The summed E-state index contributed by atoms with van der Waals surface area (Å²) in [4.78, 5) is 19.2. The van der Waals surface area contributed by atoms with Crippen LogP contribution in [0.1, 0.15) is 27.0 Å². The first-order chi connectivity index (χ1) is 14.5. The third-order valence-corrected chi connectivity index (χ3v) is 5.26. The molecule has 0 radical (unpaired) electrons. The molecule has 4 aromatic rings. The lowest BCUT2D eigenvalue weighted by Gasteiger charge is -2.17. The standard InChI is InChI=1S/C25H24N4O/c1-18-9-10-21(15-19(18)2)24-23(17-29(27-24)22-7-5-4-6-8-22)25(30)28(3)16-20-11-13-26-14-12-20/h4-15,17H,16H2,1-3H3. The first-order valence-electron chi connectivity index (χ1n) is 9.90. The van der Waals surface area contributed by atoms with Gasteiger partial charge in [-0.1, -0.05) is 30.3 Å². The van der Waals surface area contributed by atoms with Crippen LogP contribution in [0.4, 0.5) is 0 Å². The smallest absolute Gasteiger partial charge is 0.257 e. The van der Waals surface area contributed by atoms with Gasteiger partial charge in [-0.25, -0.2) is 4.68 Å². The van der Waals surface area contributed by atoms with Gasteiger partial charge in [0.1, 0.15) is 5.69 Å². The number of aromatic nitrogens is 3. The van der Waals surface area contributed by atoms with Crippen molar-refractivity contribution in [1.82, 2.24) is 19.7 Å². The van der Waals surface area contributed by atoms with E-state index in [1.165, 1.54) is 11.1 Å². The Morgan fingerprint density at radius 3 is 2.40 bits per heavy atom. The number of hydrogen-bond donors (Lipinski definition) is 0. The molecular formula is C25H24N4O. The third kappa shape index (κ3) is 4.01. The number of benzene rings is 2. The van der Waals surface area contributed by atoms with Crippen LogP contribution in [0.5, 0.6) is 0 Å². The zero-order valence-electron chi connectivity index (χ0n) is 17.4. The first-order valence-corrected chi connectivity index (χ1v) is 9.90. The Morgan fingerprint density at radius 2 is 1.70 bits per heavy atom. The van der Waals surface area contributed by atoms with Crippen molar-refractivity contribution in [2.75, 3.05) is 7.05 Å². The van der Waals surface area contributed by atoms with E-state index in [4.69, 9.17) is 5.10 Å². The molecule has 0 aliphatic carbocycles. The van der Waals surface area contributed by atoms with Crippen LogP contribution in [0.2, 0.25) is 0 Å². The lowest BCUT2D eigenvalue weighted by molar-refractivity contribution is 0.0786. The minimum Gasteiger partial charge on any atom is -0.337 e. The van der Waals surface area contributed by atoms with Crippen LogP contribution in [0, 0.1) is 13.8 Å². The highest BCUT2D eigenvalue weighted by atomic mass is 16.2. The van der Waals surface area contributed by atoms with Gasteiger partial charge in [-0.05, 0) is 60.9 Å². The quantitative estimate of drug-likeness (QED) is 0.486. The normalized spacial score (nSPS) is 10.8. The molecule has 0 unspecified atom stereocenters. The lowest BCUT2D eigenvalue weighted by Crippen LogP contribution is -2.26. The molecule has 0 spiro atoms. The van der Waals surface area contributed by atoms with Gasteiger partial charge in [-0.3, -0.25) is 9.78 Å². The van der Waals surface area contributed by atoms with Gasteiger partial charge in [0.05, 0.1) is 11.3 Å². The summed E-state index contributed by atoms with van der Waals surface area (Å²) in [7, 11) is 1.81. The Labute approximate surface area is 176 Å². The topological polar surface area (TPSA) is 51.0 Å². The predicted octanol–water partition coefficient (Wildman–Crippen LogP) is 4.82. The number of carbonyl (C=O) groups excluding carboxylic acids is 1. The monoisotopic (exact) mass is 396 g/mol.